The van der Waals surface area contributed by atoms with Crippen molar-refractivity contribution in [2.45, 2.75) is 77.4 Å². The zero-order valence-electron chi connectivity index (χ0n) is 20.9. The molecule has 1 aliphatic heterocycles. The Labute approximate surface area is 206 Å². The second kappa shape index (κ2) is 8.48. The van der Waals surface area contributed by atoms with Gasteiger partial charge in [-0.1, -0.05) is 38.1 Å². The molecule has 1 aromatic rings. The van der Waals surface area contributed by atoms with Gasteiger partial charge in [0.05, 0.1) is 5.56 Å². The smallest absolute Gasteiger partial charge is 0.338 e. The highest BCUT2D eigenvalue weighted by Crippen LogP contribution is 2.66. The monoisotopic (exact) mass is 487 g/mol. The molecule has 3 saturated carbocycles. The van der Waals surface area contributed by atoms with Crippen LogP contribution in [0.1, 0.15) is 81.1 Å². The number of hydrogen-bond acceptors (Lipinski definition) is 2. The van der Waals surface area contributed by atoms with Gasteiger partial charge in [-0.2, -0.15) is 13.2 Å². The predicted molar refractivity (Wildman–Crippen MR) is 129 cm³/mol. The lowest BCUT2D eigenvalue weighted by Gasteiger charge is -2.60. The lowest BCUT2D eigenvalue weighted by atomic mass is 9.47. The summed E-state index contributed by atoms with van der Waals surface area (Å²) in [6.07, 6.45) is 6.78. The predicted octanol–water partition coefficient (Wildman–Crippen LogP) is 6.92. The van der Waals surface area contributed by atoms with Crippen molar-refractivity contribution in [3.63, 3.8) is 0 Å². The highest BCUT2D eigenvalue weighted by Gasteiger charge is 2.60. The van der Waals surface area contributed by atoms with Crippen molar-refractivity contribution in [2.75, 3.05) is 7.05 Å². The number of halogens is 3. The third kappa shape index (κ3) is 3.86. The fraction of sp³-hybridized carbons (Fsp3) is 0.655. The number of likely N-dealkylation sites (N-methyl/N-ethyl adjacent to an activating group) is 1. The molecule has 1 heterocycles. The minimum atomic E-state index is -4.52. The molecule has 0 radical (unpaired) electrons. The van der Waals surface area contributed by atoms with Gasteiger partial charge in [-0.05, 0) is 86.2 Å². The first kappa shape index (κ1) is 24.6. The molecule has 0 saturated heterocycles. The summed E-state index contributed by atoms with van der Waals surface area (Å²) in [6.45, 7) is 4.71. The molecule has 3 aliphatic carbocycles. The summed E-state index contributed by atoms with van der Waals surface area (Å²) in [5.74, 6) is 1.80. The molecule has 0 aromatic heterocycles. The van der Waals surface area contributed by atoms with E-state index in [4.69, 9.17) is 0 Å². The van der Waals surface area contributed by atoms with Crippen LogP contribution in [0.15, 0.2) is 36.4 Å². The number of fused-ring (bicyclic) bond motifs is 5. The van der Waals surface area contributed by atoms with Crippen LogP contribution in [0.4, 0.5) is 13.2 Å². The number of carbonyl (C=O) groups excluding carboxylic acids is 2. The third-order valence-corrected chi connectivity index (χ3v) is 10.6. The van der Waals surface area contributed by atoms with Crippen molar-refractivity contribution < 1.29 is 22.8 Å². The molecular formula is C29H36F3NO2. The minimum absolute atomic E-state index is 0.00225. The summed E-state index contributed by atoms with van der Waals surface area (Å²) in [6, 6.07) is 5.43. The largest absolute Gasteiger partial charge is 0.417 e. The van der Waals surface area contributed by atoms with E-state index in [1.165, 1.54) is 18.2 Å². The molecule has 0 spiro atoms. The average Bonchev–Trinajstić information content (AvgIpc) is 3.16. The first-order valence-electron chi connectivity index (χ1n) is 13.1. The topological polar surface area (TPSA) is 37.4 Å². The van der Waals surface area contributed by atoms with Crippen LogP contribution in [-0.2, 0) is 11.0 Å². The van der Waals surface area contributed by atoms with Gasteiger partial charge in [0.25, 0.3) is 0 Å². The second-order valence-corrected chi connectivity index (χ2v) is 11.9. The summed E-state index contributed by atoms with van der Waals surface area (Å²) < 4.78 is 40.2. The Bertz CT molecular complexity index is 1050. The normalized spacial score (nSPS) is 38.6. The van der Waals surface area contributed by atoms with E-state index in [-0.39, 0.29) is 34.8 Å². The van der Waals surface area contributed by atoms with Crippen LogP contribution in [-0.4, -0.2) is 29.7 Å². The zero-order valence-corrected chi connectivity index (χ0v) is 20.9. The molecule has 3 nitrogen and oxygen atoms in total. The maximum Gasteiger partial charge on any atom is 0.417 e. The van der Waals surface area contributed by atoms with Crippen molar-refractivity contribution >= 4 is 11.7 Å². The van der Waals surface area contributed by atoms with Gasteiger partial charge in [0.2, 0.25) is 5.91 Å². The van der Waals surface area contributed by atoms with E-state index in [1.807, 2.05) is 11.9 Å². The lowest BCUT2D eigenvalue weighted by molar-refractivity contribution is -0.139. The minimum Gasteiger partial charge on any atom is -0.338 e. The van der Waals surface area contributed by atoms with Gasteiger partial charge >= 0.3 is 6.18 Å². The molecule has 1 amide bonds. The zero-order chi connectivity index (χ0) is 25.2. The summed E-state index contributed by atoms with van der Waals surface area (Å²) in [7, 11) is 1.93. The number of rotatable bonds is 4. The van der Waals surface area contributed by atoms with Crippen molar-refractivity contribution in [2.24, 2.45) is 34.5 Å². The van der Waals surface area contributed by atoms with Crippen molar-refractivity contribution in [3.8, 4) is 0 Å². The maximum absolute atomic E-state index is 13.4. The van der Waals surface area contributed by atoms with Crippen LogP contribution < -0.4 is 0 Å². The molecule has 35 heavy (non-hydrogen) atoms. The first-order valence-corrected chi connectivity index (χ1v) is 13.1. The molecule has 1 unspecified atom stereocenters. The quantitative estimate of drug-likeness (QED) is 0.432. The molecule has 0 bridgehead atoms. The Balaban J connectivity index is 1.31. The third-order valence-electron chi connectivity index (χ3n) is 10.6. The van der Waals surface area contributed by atoms with Crippen molar-refractivity contribution in [3.05, 3.63) is 47.5 Å². The number of benzene rings is 1. The van der Waals surface area contributed by atoms with Crippen LogP contribution in [0.3, 0.4) is 0 Å². The SMILES string of the molecule is CN1C(=O)C=C[C@@]2(C)C1CC[C@H]1[C@@H]3CC[C@H](CCC(=O)c4ccccc4C(F)(F)F)[C@@]3(C)CC[C@@H]12. The van der Waals surface area contributed by atoms with E-state index in [9.17, 15) is 22.8 Å². The molecule has 7 atom stereocenters. The van der Waals surface area contributed by atoms with Gasteiger partial charge in [-0.3, -0.25) is 9.59 Å². The standard InChI is InChI=1S/C29H36F3NO2/c1-27-16-14-22-19(10-13-25-28(22,2)17-15-26(35)33(25)3)21(27)11-8-18(27)9-12-24(34)20-6-4-5-7-23(20)29(30,31)32/h4-7,15,17-19,21-22,25H,8-14,16H2,1-3H3/t18-,19+,21+,22+,25?,27-,28-/m1/s1. The number of nitrogens with zero attached hydrogens (tertiary/aromatic N) is 1. The number of ketones is 1. The van der Waals surface area contributed by atoms with E-state index in [0.29, 0.717) is 30.1 Å². The van der Waals surface area contributed by atoms with Crippen molar-refractivity contribution in [1.29, 1.82) is 0 Å². The van der Waals surface area contributed by atoms with E-state index in [2.05, 4.69) is 19.9 Å². The number of Topliss-reactive ketones (excluding diaryl/α,β-unsaturated/α-hetero) is 1. The maximum atomic E-state index is 13.4. The molecule has 1 aromatic carbocycles. The van der Waals surface area contributed by atoms with Gasteiger partial charge in [-0.25, -0.2) is 0 Å². The Kier molecular flexibility index (Phi) is 5.96. The van der Waals surface area contributed by atoms with Crippen LogP contribution in [0.5, 0.6) is 0 Å². The van der Waals surface area contributed by atoms with Crippen LogP contribution in [0, 0.1) is 34.5 Å². The van der Waals surface area contributed by atoms with Crippen molar-refractivity contribution in [1.82, 2.24) is 4.90 Å². The Morgan fingerprint density at radius 2 is 1.80 bits per heavy atom. The van der Waals surface area contributed by atoms with Gasteiger partial charge < -0.3 is 4.90 Å². The molecule has 5 rings (SSSR count). The molecular weight excluding hydrogens is 451 g/mol. The van der Waals surface area contributed by atoms with Crippen LogP contribution in [0.2, 0.25) is 0 Å². The van der Waals surface area contributed by atoms with Crippen LogP contribution in [0.25, 0.3) is 0 Å². The fourth-order valence-electron chi connectivity index (χ4n) is 8.73. The van der Waals surface area contributed by atoms with Crippen LogP contribution >= 0.6 is 0 Å². The van der Waals surface area contributed by atoms with Gasteiger partial charge in [-0.15, -0.1) is 0 Å². The Hall–Kier alpha value is -2.11. The van der Waals surface area contributed by atoms with Gasteiger partial charge in [0.15, 0.2) is 5.78 Å². The highest BCUT2D eigenvalue weighted by atomic mass is 19.4. The highest BCUT2D eigenvalue weighted by molar-refractivity contribution is 5.97. The summed E-state index contributed by atoms with van der Waals surface area (Å²) in [5, 5.41) is 0. The molecule has 3 fully saturated rings. The Morgan fingerprint density at radius 3 is 2.54 bits per heavy atom. The van der Waals surface area contributed by atoms with E-state index < -0.39 is 17.5 Å². The lowest BCUT2D eigenvalue weighted by Crippen LogP contribution is -2.59. The van der Waals surface area contributed by atoms with E-state index in [1.54, 1.807) is 6.08 Å². The fourth-order valence-corrected chi connectivity index (χ4v) is 8.73. The number of alkyl halides is 3. The molecule has 190 valence electrons. The first-order chi connectivity index (χ1) is 16.5. The number of hydrogen-bond donors (Lipinski definition) is 0. The summed E-state index contributed by atoms with van der Waals surface area (Å²) >= 11 is 0. The average molecular weight is 488 g/mol. The second-order valence-electron chi connectivity index (χ2n) is 11.9. The van der Waals surface area contributed by atoms with Gasteiger partial charge in [0, 0.05) is 30.5 Å². The Morgan fingerprint density at radius 1 is 1.06 bits per heavy atom. The van der Waals surface area contributed by atoms with Gasteiger partial charge in [0.1, 0.15) is 0 Å². The van der Waals surface area contributed by atoms with E-state index >= 15 is 0 Å². The summed E-state index contributed by atoms with van der Waals surface area (Å²) in [5.41, 5.74) is -0.885. The number of carbonyl (C=O) groups is 2. The number of amides is 1. The molecule has 4 aliphatic rings. The molecule has 6 heteroatoms. The molecule has 0 N–H and O–H groups in total. The van der Waals surface area contributed by atoms with E-state index in [0.717, 1.165) is 44.6 Å². The summed E-state index contributed by atoms with van der Waals surface area (Å²) in [4.78, 5) is 27.1.